The van der Waals surface area contributed by atoms with Crippen molar-refractivity contribution in [3.63, 3.8) is 0 Å². The normalized spacial score (nSPS) is 23.4. The molecule has 1 heterocycles. The molecule has 1 aromatic carbocycles. The van der Waals surface area contributed by atoms with Crippen molar-refractivity contribution in [2.45, 2.75) is 50.8 Å². The molecule has 2 atom stereocenters. The lowest BCUT2D eigenvalue weighted by Crippen LogP contribution is -2.40. The van der Waals surface area contributed by atoms with Crippen molar-refractivity contribution in [2.75, 3.05) is 18.0 Å². The van der Waals surface area contributed by atoms with Crippen LogP contribution in [0.3, 0.4) is 0 Å². The molecule has 1 saturated heterocycles. The minimum absolute atomic E-state index is 0.516. The van der Waals surface area contributed by atoms with Crippen LogP contribution in [-0.2, 0) is 6.54 Å². The highest BCUT2D eigenvalue weighted by atomic mass is 79.9. The average Bonchev–Trinajstić information content (AvgIpc) is 2.35. The minimum atomic E-state index is 0.516. The molecule has 1 aliphatic heterocycles. The molecule has 0 bridgehead atoms. The van der Waals surface area contributed by atoms with Crippen LogP contribution >= 0.6 is 27.7 Å². The summed E-state index contributed by atoms with van der Waals surface area (Å²) in [5.41, 5.74) is 2.67. The third-order valence-electron chi connectivity index (χ3n) is 3.52. The molecule has 20 heavy (non-hydrogen) atoms. The summed E-state index contributed by atoms with van der Waals surface area (Å²) in [4.78, 5) is 2.51. The summed E-state index contributed by atoms with van der Waals surface area (Å²) in [6, 6.07) is 7.29. The first kappa shape index (κ1) is 16.2. The van der Waals surface area contributed by atoms with Crippen LogP contribution < -0.4 is 10.2 Å². The van der Waals surface area contributed by atoms with E-state index in [0.29, 0.717) is 16.5 Å². The largest absolute Gasteiger partial charge is 0.369 e. The SMILES string of the molecule is CC(C)NCc1ccc(N2CC(C)SC(C)C2)cc1Br. The van der Waals surface area contributed by atoms with Gasteiger partial charge >= 0.3 is 0 Å². The Morgan fingerprint density at radius 3 is 2.50 bits per heavy atom. The number of hydrogen-bond donors (Lipinski definition) is 1. The van der Waals surface area contributed by atoms with E-state index >= 15 is 0 Å². The number of halogens is 1. The van der Waals surface area contributed by atoms with Gasteiger partial charge in [-0.3, -0.25) is 0 Å². The molecule has 4 heteroatoms. The number of rotatable bonds is 4. The third-order valence-corrected chi connectivity index (χ3v) is 5.49. The maximum absolute atomic E-state index is 3.72. The molecule has 0 amide bonds. The lowest BCUT2D eigenvalue weighted by molar-refractivity contribution is 0.588. The molecule has 0 spiro atoms. The smallest absolute Gasteiger partial charge is 0.0378 e. The van der Waals surface area contributed by atoms with Gasteiger partial charge in [-0.2, -0.15) is 11.8 Å². The summed E-state index contributed by atoms with van der Waals surface area (Å²) in [6.45, 7) is 12.2. The molecule has 2 rings (SSSR count). The molecule has 0 radical (unpaired) electrons. The summed E-state index contributed by atoms with van der Waals surface area (Å²) in [6.07, 6.45) is 0. The molecule has 1 N–H and O–H groups in total. The maximum Gasteiger partial charge on any atom is 0.0378 e. The van der Waals surface area contributed by atoms with Crippen molar-refractivity contribution in [1.29, 1.82) is 0 Å². The zero-order valence-electron chi connectivity index (χ0n) is 12.8. The van der Waals surface area contributed by atoms with Gasteiger partial charge in [-0.25, -0.2) is 0 Å². The first-order valence-corrected chi connectivity index (χ1v) is 9.11. The molecular formula is C16H25BrN2S. The number of nitrogens with zero attached hydrogens (tertiary/aromatic N) is 1. The van der Waals surface area contributed by atoms with Crippen molar-refractivity contribution in [2.24, 2.45) is 0 Å². The Morgan fingerprint density at radius 1 is 1.30 bits per heavy atom. The fraction of sp³-hybridized carbons (Fsp3) is 0.625. The number of benzene rings is 1. The lowest BCUT2D eigenvalue weighted by Gasteiger charge is -2.36. The van der Waals surface area contributed by atoms with E-state index in [4.69, 9.17) is 0 Å². The Hall–Kier alpha value is -0.190. The molecule has 1 aliphatic rings. The Labute approximate surface area is 135 Å². The molecule has 0 aliphatic carbocycles. The van der Waals surface area contributed by atoms with E-state index in [1.807, 2.05) is 0 Å². The third kappa shape index (κ3) is 4.40. The van der Waals surface area contributed by atoms with Crippen molar-refractivity contribution in [3.05, 3.63) is 28.2 Å². The zero-order chi connectivity index (χ0) is 14.7. The summed E-state index contributed by atoms with van der Waals surface area (Å²) in [5, 5.41) is 4.89. The fourth-order valence-corrected chi connectivity index (χ4v) is 4.41. The molecule has 1 aromatic rings. The summed E-state index contributed by atoms with van der Waals surface area (Å²) in [7, 11) is 0. The van der Waals surface area contributed by atoms with Crippen LogP contribution in [0.5, 0.6) is 0 Å². The van der Waals surface area contributed by atoms with Gasteiger partial charge in [-0.1, -0.05) is 49.7 Å². The highest BCUT2D eigenvalue weighted by molar-refractivity contribution is 9.10. The average molecular weight is 357 g/mol. The number of hydrogen-bond acceptors (Lipinski definition) is 3. The second-order valence-electron chi connectivity index (χ2n) is 5.97. The van der Waals surface area contributed by atoms with Crippen LogP contribution in [0.1, 0.15) is 33.3 Å². The molecule has 0 aromatic heterocycles. The van der Waals surface area contributed by atoms with Crippen molar-refractivity contribution in [3.8, 4) is 0 Å². The highest BCUT2D eigenvalue weighted by Gasteiger charge is 2.22. The first-order chi connectivity index (χ1) is 9.45. The Kier molecular flexibility index (Phi) is 5.82. The van der Waals surface area contributed by atoms with Crippen LogP contribution in [-0.4, -0.2) is 29.6 Å². The minimum Gasteiger partial charge on any atom is -0.369 e. The van der Waals surface area contributed by atoms with Crippen molar-refractivity contribution in [1.82, 2.24) is 5.32 Å². The van der Waals surface area contributed by atoms with E-state index in [-0.39, 0.29) is 0 Å². The summed E-state index contributed by atoms with van der Waals surface area (Å²) in [5.74, 6) is 0. The van der Waals surface area contributed by atoms with E-state index in [0.717, 1.165) is 19.6 Å². The van der Waals surface area contributed by atoms with Crippen LogP contribution in [0, 0.1) is 0 Å². The number of thioether (sulfide) groups is 1. The molecule has 2 nitrogen and oxygen atoms in total. The molecule has 0 saturated carbocycles. The van der Waals surface area contributed by atoms with E-state index in [1.165, 1.54) is 15.7 Å². The lowest BCUT2D eigenvalue weighted by atomic mass is 10.1. The van der Waals surface area contributed by atoms with Gasteiger partial charge in [0.1, 0.15) is 0 Å². The Bertz CT molecular complexity index is 440. The second-order valence-corrected chi connectivity index (χ2v) is 8.71. The Balaban J connectivity index is 2.08. The number of nitrogens with one attached hydrogen (secondary N) is 1. The van der Waals surface area contributed by atoms with Crippen molar-refractivity contribution >= 4 is 33.4 Å². The van der Waals surface area contributed by atoms with Crippen LogP contribution in [0.15, 0.2) is 22.7 Å². The number of anilines is 1. The molecule has 2 unspecified atom stereocenters. The van der Waals surface area contributed by atoms with Gasteiger partial charge in [0.15, 0.2) is 0 Å². The van der Waals surface area contributed by atoms with E-state index in [2.05, 4.69) is 83.8 Å². The van der Waals surface area contributed by atoms with Crippen LogP contribution in [0.2, 0.25) is 0 Å². The molecular weight excluding hydrogens is 332 g/mol. The first-order valence-electron chi connectivity index (χ1n) is 7.38. The summed E-state index contributed by atoms with van der Waals surface area (Å²) < 4.78 is 1.21. The van der Waals surface area contributed by atoms with Crippen LogP contribution in [0.25, 0.3) is 0 Å². The topological polar surface area (TPSA) is 15.3 Å². The molecule has 1 fully saturated rings. The van der Waals surface area contributed by atoms with Gasteiger partial charge in [0, 0.05) is 46.3 Å². The van der Waals surface area contributed by atoms with Crippen LogP contribution in [0.4, 0.5) is 5.69 Å². The van der Waals surface area contributed by atoms with Gasteiger partial charge < -0.3 is 10.2 Å². The fourth-order valence-electron chi connectivity index (χ4n) is 2.58. The second kappa shape index (κ2) is 7.19. The predicted molar refractivity (Wildman–Crippen MR) is 94.8 cm³/mol. The highest BCUT2D eigenvalue weighted by Crippen LogP contribution is 2.31. The van der Waals surface area contributed by atoms with E-state index in [9.17, 15) is 0 Å². The monoisotopic (exact) mass is 356 g/mol. The zero-order valence-corrected chi connectivity index (χ0v) is 15.2. The Morgan fingerprint density at radius 2 is 1.95 bits per heavy atom. The van der Waals surface area contributed by atoms with Gasteiger partial charge in [0.25, 0.3) is 0 Å². The van der Waals surface area contributed by atoms with E-state index in [1.54, 1.807) is 0 Å². The van der Waals surface area contributed by atoms with Gasteiger partial charge in [-0.05, 0) is 17.7 Å². The quantitative estimate of drug-likeness (QED) is 0.866. The van der Waals surface area contributed by atoms with Gasteiger partial charge in [-0.15, -0.1) is 0 Å². The molecule has 112 valence electrons. The van der Waals surface area contributed by atoms with E-state index < -0.39 is 0 Å². The van der Waals surface area contributed by atoms with Crippen molar-refractivity contribution < 1.29 is 0 Å². The maximum atomic E-state index is 3.72. The summed E-state index contributed by atoms with van der Waals surface area (Å²) >= 11 is 5.82. The predicted octanol–water partition coefficient (Wildman–Crippen LogP) is 4.28. The standard InChI is InChI=1S/C16H25BrN2S/c1-11(2)18-8-14-5-6-15(7-16(14)17)19-9-12(3)20-13(4)10-19/h5-7,11-13,18H,8-10H2,1-4H3. The van der Waals surface area contributed by atoms with Gasteiger partial charge in [0.05, 0.1) is 0 Å². The van der Waals surface area contributed by atoms with Gasteiger partial charge in [0.2, 0.25) is 0 Å².